The number of amidine groups is 2. The highest BCUT2D eigenvalue weighted by molar-refractivity contribution is 5.91. The first kappa shape index (κ1) is 15.2. The molecule has 0 unspecified atom stereocenters. The van der Waals surface area contributed by atoms with Crippen molar-refractivity contribution in [2.24, 2.45) is 26.4 Å². The second kappa shape index (κ2) is 8.41. The molecule has 0 aromatic rings. The summed E-state index contributed by atoms with van der Waals surface area (Å²) in [5.74, 6) is 1.09. The van der Waals surface area contributed by atoms with Gasteiger partial charge >= 0.3 is 0 Å². The van der Waals surface area contributed by atoms with Crippen molar-refractivity contribution in [2.75, 3.05) is 6.54 Å². The van der Waals surface area contributed by atoms with Crippen molar-refractivity contribution in [3.05, 3.63) is 24.0 Å². The first-order valence-corrected chi connectivity index (χ1v) is 5.51. The Morgan fingerprint density at radius 3 is 2.41 bits per heavy atom. The van der Waals surface area contributed by atoms with E-state index in [2.05, 4.69) is 21.6 Å². The molecule has 4 N–H and O–H groups in total. The maximum absolute atomic E-state index is 5.67. The average molecular weight is 235 g/mol. The van der Waals surface area contributed by atoms with E-state index in [1.165, 1.54) is 0 Å². The lowest BCUT2D eigenvalue weighted by molar-refractivity contribution is 1.14. The maximum atomic E-state index is 5.67. The lowest BCUT2D eigenvalue weighted by Crippen LogP contribution is -2.12. The first-order chi connectivity index (χ1) is 8.08. The van der Waals surface area contributed by atoms with Gasteiger partial charge in [-0.05, 0) is 19.9 Å². The fourth-order valence-electron chi connectivity index (χ4n) is 1.04. The summed E-state index contributed by atoms with van der Waals surface area (Å²) in [5, 5.41) is 0. The zero-order valence-corrected chi connectivity index (χ0v) is 10.8. The van der Waals surface area contributed by atoms with Crippen LogP contribution in [0.5, 0.6) is 0 Å². The average Bonchev–Trinajstić information content (AvgIpc) is 2.34. The molecule has 0 rings (SSSR count). The number of aliphatic imine (C=N–C) groups is 3. The second-order valence-electron chi connectivity index (χ2n) is 3.25. The molecule has 0 bridgehead atoms. The van der Waals surface area contributed by atoms with E-state index in [9.17, 15) is 0 Å². The minimum atomic E-state index is 0.277. The third kappa shape index (κ3) is 5.77. The Bertz CT molecular complexity index is 374. The summed E-state index contributed by atoms with van der Waals surface area (Å²) in [4.78, 5) is 12.6. The Morgan fingerprint density at radius 1 is 1.35 bits per heavy atom. The van der Waals surface area contributed by atoms with E-state index in [0.29, 0.717) is 29.5 Å². The number of hydrogen-bond acceptors (Lipinski definition) is 3. The van der Waals surface area contributed by atoms with Crippen LogP contribution in [-0.2, 0) is 0 Å². The summed E-state index contributed by atoms with van der Waals surface area (Å²) in [6, 6.07) is 0. The molecule has 0 saturated heterocycles. The zero-order valence-electron chi connectivity index (χ0n) is 10.8. The highest BCUT2D eigenvalue weighted by atomic mass is 15.0. The van der Waals surface area contributed by atoms with Gasteiger partial charge in [-0.1, -0.05) is 13.5 Å². The lowest BCUT2D eigenvalue weighted by Gasteiger charge is -2.02. The zero-order chi connectivity index (χ0) is 13.3. The molecule has 94 valence electrons. The normalized spacial score (nSPS) is 15.1. The van der Waals surface area contributed by atoms with E-state index >= 15 is 0 Å². The third-order valence-electron chi connectivity index (χ3n) is 1.95. The number of nitrogens with zero attached hydrogens (tertiary/aromatic N) is 3. The molecular formula is C12H21N5. The maximum Gasteiger partial charge on any atom is 0.141 e. The van der Waals surface area contributed by atoms with Gasteiger partial charge in [0.1, 0.15) is 5.84 Å². The van der Waals surface area contributed by atoms with Crippen LogP contribution in [0.15, 0.2) is 39.0 Å². The molecule has 17 heavy (non-hydrogen) atoms. The molecule has 0 aromatic carbocycles. The summed E-state index contributed by atoms with van der Waals surface area (Å²) in [5.41, 5.74) is 12.5. The molecule has 5 nitrogen and oxygen atoms in total. The second-order valence-corrected chi connectivity index (χ2v) is 3.25. The summed E-state index contributed by atoms with van der Waals surface area (Å²) >= 11 is 0. The third-order valence-corrected chi connectivity index (χ3v) is 1.95. The van der Waals surface area contributed by atoms with Crippen LogP contribution in [0.1, 0.15) is 27.2 Å². The molecule has 0 aliphatic rings. The number of rotatable bonds is 5. The van der Waals surface area contributed by atoms with Crippen molar-refractivity contribution in [1.29, 1.82) is 0 Å². The van der Waals surface area contributed by atoms with E-state index in [1.807, 2.05) is 20.8 Å². The van der Waals surface area contributed by atoms with Crippen LogP contribution in [-0.4, -0.2) is 24.4 Å². The van der Waals surface area contributed by atoms with Gasteiger partial charge in [0, 0.05) is 12.6 Å². The fraction of sp³-hybridized carbons (Fsp3) is 0.417. The van der Waals surface area contributed by atoms with Crippen LogP contribution < -0.4 is 11.5 Å². The molecule has 0 aliphatic heterocycles. The van der Waals surface area contributed by atoms with Gasteiger partial charge in [0.2, 0.25) is 0 Å². The summed E-state index contributed by atoms with van der Waals surface area (Å²) in [6.45, 7) is 9.54. The van der Waals surface area contributed by atoms with Crippen molar-refractivity contribution < 1.29 is 0 Å². The van der Waals surface area contributed by atoms with Gasteiger partial charge in [-0.15, -0.1) is 0 Å². The van der Waals surface area contributed by atoms with Crippen LogP contribution in [0.2, 0.25) is 0 Å². The Hall–Kier alpha value is -1.75. The van der Waals surface area contributed by atoms with Gasteiger partial charge < -0.3 is 11.5 Å². The van der Waals surface area contributed by atoms with Crippen molar-refractivity contribution in [2.45, 2.75) is 27.2 Å². The van der Waals surface area contributed by atoms with E-state index in [4.69, 9.17) is 11.5 Å². The quantitative estimate of drug-likeness (QED) is 0.431. The van der Waals surface area contributed by atoms with Crippen molar-refractivity contribution in [1.82, 2.24) is 0 Å². The standard InChI is InChI=1S/C12H21N5/c1-5-10(17-11(14)6-2)9(4)16-12(8-13)15-7-3/h5,7H,1,6,8,13H2,2-4H3,(H2,14,17)/b10-9+,15-7?,16-12?. The molecule has 0 aliphatic carbocycles. The van der Waals surface area contributed by atoms with Gasteiger partial charge in [0.05, 0.1) is 23.8 Å². The predicted octanol–water partition coefficient (Wildman–Crippen LogP) is 1.62. The molecule has 0 aromatic heterocycles. The molecule has 0 spiro atoms. The van der Waals surface area contributed by atoms with Crippen LogP contribution in [0.3, 0.4) is 0 Å². The molecule has 0 saturated carbocycles. The molecular weight excluding hydrogens is 214 g/mol. The SMILES string of the molecule is C=C/C(N=C(N)CC)=C(/C)N=C(CN)N=CC. The van der Waals surface area contributed by atoms with Crippen LogP contribution in [0.25, 0.3) is 0 Å². The first-order valence-electron chi connectivity index (χ1n) is 5.51. The number of hydrogen-bond donors (Lipinski definition) is 2. The van der Waals surface area contributed by atoms with Gasteiger partial charge in [0.25, 0.3) is 0 Å². The number of nitrogens with two attached hydrogens (primary N) is 2. The molecule has 0 heterocycles. The van der Waals surface area contributed by atoms with Gasteiger partial charge in [0.15, 0.2) is 0 Å². The van der Waals surface area contributed by atoms with E-state index in [0.717, 1.165) is 0 Å². The van der Waals surface area contributed by atoms with Crippen LogP contribution >= 0.6 is 0 Å². The van der Waals surface area contributed by atoms with E-state index in [1.54, 1.807) is 12.3 Å². The van der Waals surface area contributed by atoms with E-state index < -0.39 is 0 Å². The molecule has 0 amide bonds. The van der Waals surface area contributed by atoms with Crippen molar-refractivity contribution >= 4 is 17.9 Å². The summed E-state index contributed by atoms with van der Waals surface area (Å²) in [7, 11) is 0. The smallest absolute Gasteiger partial charge is 0.141 e. The fourth-order valence-corrected chi connectivity index (χ4v) is 1.04. The minimum absolute atomic E-state index is 0.277. The predicted molar refractivity (Wildman–Crippen MR) is 75.5 cm³/mol. The Morgan fingerprint density at radius 2 is 2.00 bits per heavy atom. The minimum Gasteiger partial charge on any atom is -0.387 e. The summed E-state index contributed by atoms with van der Waals surface area (Å²) in [6.07, 6.45) is 3.95. The van der Waals surface area contributed by atoms with Gasteiger partial charge in [-0.25, -0.2) is 15.0 Å². The van der Waals surface area contributed by atoms with Gasteiger partial charge in [-0.2, -0.15) is 0 Å². The lowest BCUT2D eigenvalue weighted by atomic mass is 10.3. The molecule has 0 atom stereocenters. The largest absolute Gasteiger partial charge is 0.387 e. The molecule has 0 fully saturated rings. The topological polar surface area (TPSA) is 89.1 Å². The Kier molecular flexibility index (Phi) is 7.54. The molecule has 0 radical (unpaired) electrons. The monoisotopic (exact) mass is 235 g/mol. The highest BCUT2D eigenvalue weighted by Gasteiger charge is 1.99. The number of allylic oxidation sites excluding steroid dienone is 2. The molecule has 5 heteroatoms. The van der Waals surface area contributed by atoms with Crippen LogP contribution in [0, 0.1) is 0 Å². The van der Waals surface area contributed by atoms with E-state index in [-0.39, 0.29) is 6.54 Å². The van der Waals surface area contributed by atoms with Gasteiger partial charge in [-0.3, -0.25) is 0 Å². The van der Waals surface area contributed by atoms with Crippen molar-refractivity contribution in [3.63, 3.8) is 0 Å². The van der Waals surface area contributed by atoms with Crippen molar-refractivity contribution in [3.8, 4) is 0 Å². The Balaban J connectivity index is 5.30. The Labute approximate surface area is 103 Å². The van der Waals surface area contributed by atoms with Crippen LogP contribution in [0.4, 0.5) is 0 Å². The summed E-state index contributed by atoms with van der Waals surface area (Å²) < 4.78 is 0. The highest BCUT2D eigenvalue weighted by Crippen LogP contribution is 2.09.